The Balaban J connectivity index is 1.40. The molecular weight excluding hydrogens is 346 g/mol. The molecule has 1 aliphatic heterocycles. The van der Waals surface area contributed by atoms with Crippen molar-refractivity contribution in [2.75, 3.05) is 19.8 Å². The molecule has 1 amide bonds. The van der Waals surface area contributed by atoms with Crippen LogP contribution >= 0.6 is 0 Å². The zero-order valence-corrected chi connectivity index (χ0v) is 16.2. The quantitative estimate of drug-likeness (QED) is 0.640. The van der Waals surface area contributed by atoms with Gasteiger partial charge < -0.3 is 10.1 Å². The van der Waals surface area contributed by atoms with Crippen LogP contribution in [0.2, 0.25) is 0 Å². The maximum absolute atomic E-state index is 13.2. The van der Waals surface area contributed by atoms with Gasteiger partial charge >= 0.3 is 0 Å². The lowest BCUT2D eigenvalue weighted by molar-refractivity contribution is -0.130. The molecule has 1 saturated heterocycles. The highest BCUT2D eigenvalue weighted by atomic mass is 16.5. The van der Waals surface area contributed by atoms with Gasteiger partial charge in [-0.25, -0.2) is 0 Å². The van der Waals surface area contributed by atoms with Crippen molar-refractivity contribution < 1.29 is 9.53 Å². The number of aryl methyl sites for hydroxylation is 1. The zero-order valence-electron chi connectivity index (χ0n) is 16.2. The summed E-state index contributed by atoms with van der Waals surface area (Å²) in [5, 5.41) is 5.79. The Morgan fingerprint density at radius 2 is 1.61 bits per heavy atom. The van der Waals surface area contributed by atoms with Crippen molar-refractivity contribution in [3.05, 3.63) is 83.9 Å². The summed E-state index contributed by atoms with van der Waals surface area (Å²) >= 11 is 0. The standard InChI is InChI=1S/C25H27NO2/c27-24(25(15-18-28-19-16-25)22-12-2-1-3-13-22)26-17-7-11-21-10-6-9-20-8-4-5-14-23(20)21/h1-6,8-10,12-14H,7,11,15-19H2,(H,26,27). The highest BCUT2D eigenvalue weighted by Gasteiger charge is 2.41. The summed E-state index contributed by atoms with van der Waals surface area (Å²) < 4.78 is 5.54. The summed E-state index contributed by atoms with van der Waals surface area (Å²) in [5.41, 5.74) is 1.99. The molecule has 0 aromatic heterocycles. The van der Waals surface area contributed by atoms with E-state index in [-0.39, 0.29) is 5.91 Å². The summed E-state index contributed by atoms with van der Waals surface area (Å²) in [7, 11) is 0. The van der Waals surface area contributed by atoms with E-state index < -0.39 is 5.41 Å². The van der Waals surface area contributed by atoms with Crippen LogP contribution < -0.4 is 5.32 Å². The van der Waals surface area contributed by atoms with Crippen LogP contribution in [0.4, 0.5) is 0 Å². The number of amides is 1. The molecule has 3 aromatic rings. The van der Waals surface area contributed by atoms with Gasteiger partial charge in [0, 0.05) is 19.8 Å². The molecule has 0 aliphatic carbocycles. The smallest absolute Gasteiger partial charge is 0.230 e. The topological polar surface area (TPSA) is 38.3 Å². The Morgan fingerprint density at radius 1 is 0.893 bits per heavy atom. The van der Waals surface area contributed by atoms with E-state index in [9.17, 15) is 4.79 Å². The van der Waals surface area contributed by atoms with E-state index >= 15 is 0 Å². The van der Waals surface area contributed by atoms with Gasteiger partial charge in [-0.15, -0.1) is 0 Å². The van der Waals surface area contributed by atoms with E-state index in [0.29, 0.717) is 19.8 Å². The van der Waals surface area contributed by atoms with E-state index in [1.807, 2.05) is 18.2 Å². The Morgan fingerprint density at radius 3 is 2.43 bits per heavy atom. The first-order valence-electron chi connectivity index (χ1n) is 10.2. The third-order valence-electron chi connectivity index (χ3n) is 5.90. The van der Waals surface area contributed by atoms with Gasteiger partial charge in [0.1, 0.15) is 0 Å². The SMILES string of the molecule is O=C(NCCCc1cccc2ccccc12)C1(c2ccccc2)CCOCC1. The number of carbonyl (C=O) groups excluding carboxylic acids is 1. The number of hydrogen-bond acceptors (Lipinski definition) is 2. The Hall–Kier alpha value is -2.65. The number of benzene rings is 3. The third-order valence-corrected chi connectivity index (χ3v) is 5.90. The molecule has 0 saturated carbocycles. The van der Waals surface area contributed by atoms with E-state index in [4.69, 9.17) is 4.74 Å². The minimum absolute atomic E-state index is 0.139. The molecule has 1 heterocycles. The van der Waals surface area contributed by atoms with Crippen molar-refractivity contribution in [1.29, 1.82) is 0 Å². The lowest BCUT2D eigenvalue weighted by Gasteiger charge is -2.36. The van der Waals surface area contributed by atoms with Crippen LogP contribution in [0.5, 0.6) is 0 Å². The molecule has 3 aromatic carbocycles. The summed E-state index contributed by atoms with van der Waals surface area (Å²) in [6.45, 7) is 1.97. The van der Waals surface area contributed by atoms with Gasteiger partial charge in [0.25, 0.3) is 0 Å². The van der Waals surface area contributed by atoms with Crippen molar-refractivity contribution >= 4 is 16.7 Å². The summed E-state index contributed by atoms with van der Waals surface area (Å²) in [6.07, 6.45) is 3.38. The second-order valence-electron chi connectivity index (χ2n) is 7.56. The third kappa shape index (κ3) is 3.81. The van der Waals surface area contributed by atoms with E-state index in [1.54, 1.807) is 0 Å². The summed E-state index contributed by atoms with van der Waals surface area (Å²) in [4.78, 5) is 13.2. The summed E-state index contributed by atoms with van der Waals surface area (Å²) in [5.74, 6) is 0.139. The lowest BCUT2D eigenvalue weighted by Crippen LogP contribution is -2.48. The largest absolute Gasteiger partial charge is 0.381 e. The van der Waals surface area contributed by atoms with Crippen molar-refractivity contribution in [3.63, 3.8) is 0 Å². The molecular formula is C25H27NO2. The van der Waals surface area contributed by atoms with Crippen LogP contribution in [0.15, 0.2) is 72.8 Å². The molecule has 1 N–H and O–H groups in total. The maximum atomic E-state index is 13.2. The second kappa shape index (κ2) is 8.57. The fraction of sp³-hybridized carbons (Fsp3) is 0.320. The maximum Gasteiger partial charge on any atom is 0.230 e. The van der Waals surface area contributed by atoms with Crippen LogP contribution in [-0.4, -0.2) is 25.7 Å². The predicted molar refractivity (Wildman–Crippen MR) is 113 cm³/mol. The second-order valence-corrected chi connectivity index (χ2v) is 7.56. The van der Waals surface area contributed by atoms with Gasteiger partial charge in [-0.05, 0) is 47.6 Å². The Bertz CT molecular complexity index is 924. The molecule has 4 rings (SSSR count). The number of fused-ring (bicyclic) bond motifs is 1. The molecule has 0 radical (unpaired) electrons. The zero-order chi connectivity index (χ0) is 19.2. The number of rotatable bonds is 6. The average molecular weight is 373 g/mol. The molecule has 0 bridgehead atoms. The molecule has 28 heavy (non-hydrogen) atoms. The number of nitrogens with one attached hydrogen (secondary N) is 1. The highest BCUT2D eigenvalue weighted by molar-refractivity contribution is 5.88. The van der Waals surface area contributed by atoms with Gasteiger partial charge in [-0.3, -0.25) is 4.79 Å². The fourth-order valence-electron chi connectivity index (χ4n) is 4.28. The van der Waals surface area contributed by atoms with Gasteiger partial charge in [0.15, 0.2) is 0 Å². The first kappa shape index (κ1) is 18.7. The van der Waals surface area contributed by atoms with E-state index in [2.05, 4.69) is 59.9 Å². The number of hydrogen-bond donors (Lipinski definition) is 1. The van der Waals surface area contributed by atoms with Gasteiger partial charge in [-0.2, -0.15) is 0 Å². The fourth-order valence-corrected chi connectivity index (χ4v) is 4.28. The average Bonchev–Trinajstić information content (AvgIpc) is 2.77. The molecule has 3 heteroatoms. The Kier molecular flexibility index (Phi) is 5.73. The van der Waals surface area contributed by atoms with Gasteiger partial charge in [-0.1, -0.05) is 72.8 Å². The van der Waals surface area contributed by atoms with E-state index in [1.165, 1.54) is 16.3 Å². The number of ether oxygens (including phenoxy) is 1. The molecule has 0 spiro atoms. The van der Waals surface area contributed by atoms with Gasteiger partial charge in [0.2, 0.25) is 5.91 Å². The molecule has 1 aliphatic rings. The van der Waals surface area contributed by atoms with Gasteiger partial charge in [0.05, 0.1) is 5.41 Å². The van der Waals surface area contributed by atoms with Crippen molar-refractivity contribution in [2.24, 2.45) is 0 Å². The Labute approximate surface area is 166 Å². The van der Waals surface area contributed by atoms with Crippen LogP contribution in [0.25, 0.3) is 10.8 Å². The first-order valence-corrected chi connectivity index (χ1v) is 10.2. The van der Waals surface area contributed by atoms with Crippen molar-refractivity contribution in [1.82, 2.24) is 5.32 Å². The lowest BCUT2D eigenvalue weighted by atomic mass is 9.73. The molecule has 0 atom stereocenters. The minimum Gasteiger partial charge on any atom is -0.381 e. The normalized spacial score (nSPS) is 16.0. The summed E-state index contributed by atoms with van der Waals surface area (Å²) in [6, 6.07) is 25.1. The highest BCUT2D eigenvalue weighted by Crippen LogP contribution is 2.35. The molecule has 1 fully saturated rings. The van der Waals surface area contributed by atoms with Crippen LogP contribution in [0.3, 0.4) is 0 Å². The minimum atomic E-state index is -0.459. The first-order chi connectivity index (χ1) is 13.8. The predicted octanol–water partition coefficient (Wildman–Crippen LogP) is 4.64. The monoisotopic (exact) mass is 373 g/mol. The molecule has 0 unspecified atom stereocenters. The van der Waals surface area contributed by atoms with Crippen LogP contribution in [0, 0.1) is 0 Å². The molecule has 144 valence electrons. The van der Waals surface area contributed by atoms with Crippen molar-refractivity contribution in [2.45, 2.75) is 31.1 Å². The van der Waals surface area contributed by atoms with Crippen LogP contribution in [-0.2, 0) is 21.4 Å². The van der Waals surface area contributed by atoms with Crippen molar-refractivity contribution in [3.8, 4) is 0 Å². The number of carbonyl (C=O) groups is 1. The van der Waals surface area contributed by atoms with E-state index in [0.717, 1.165) is 31.2 Å². The molecule has 3 nitrogen and oxygen atoms in total. The van der Waals surface area contributed by atoms with Crippen LogP contribution in [0.1, 0.15) is 30.4 Å².